The van der Waals surface area contributed by atoms with Crippen LogP contribution in [0.3, 0.4) is 0 Å². The molecule has 0 spiro atoms. The number of carbonyl (C=O) groups is 1. The molecule has 0 radical (unpaired) electrons. The van der Waals surface area contributed by atoms with Gasteiger partial charge in [0.25, 0.3) is 11.5 Å². The summed E-state index contributed by atoms with van der Waals surface area (Å²) in [6, 6.07) is 14.1. The number of hydrogen-bond donors (Lipinski definition) is 1. The molecule has 10 nitrogen and oxygen atoms in total. The first-order valence-electron chi connectivity index (χ1n) is 10.9. The molecular formula is C23H26N6O4. The molecule has 1 aromatic carbocycles. The van der Waals surface area contributed by atoms with Crippen molar-refractivity contribution in [2.75, 3.05) is 44.4 Å². The van der Waals surface area contributed by atoms with Gasteiger partial charge in [-0.2, -0.15) is 5.10 Å². The smallest absolute Gasteiger partial charge is 0.271 e. The van der Waals surface area contributed by atoms with Crippen LogP contribution >= 0.6 is 0 Å². The predicted octanol–water partition coefficient (Wildman–Crippen LogP) is 1.37. The molecule has 1 aliphatic heterocycles. The number of carbonyl (C=O) groups excluding carboxylic acids is 1. The number of hydrogen-bond acceptors (Lipinski definition) is 8. The number of ether oxygens (including phenoxy) is 2. The SMILES string of the molecule is CCOc1ccc(-c2ccc(=O)n(CCNC(=O)c3ccc(N4CCOCC4)nn3)n2)cc1. The zero-order valence-electron chi connectivity index (χ0n) is 18.4. The van der Waals surface area contributed by atoms with E-state index in [1.54, 1.807) is 18.2 Å². The maximum atomic E-state index is 12.4. The van der Waals surface area contributed by atoms with Crippen molar-refractivity contribution >= 4 is 11.7 Å². The standard InChI is InChI=1S/C23H26N6O4/c1-2-33-18-5-3-17(4-6-18)19-8-10-22(30)29(27-19)12-11-24-23(31)20-7-9-21(26-25-20)28-13-15-32-16-14-28/h3-10H,2,11-16H2,1H3,(H,24,31). The lowest BCUT2D eigenvalue weighted by Gasteiger charge is -2.27. The first kappa shape index (κ1) is 22.4. The zero-order chi connectivity index (χ0) is 23.0. The molecule has 1 saturated heterocycles. The molecule has 0 atom stereocenters. The van der Waals surface area contributed by atoms with Crippen LogP contribution < -0.4 is 20.5 Å². The van der Waals surface area contributed by atoms with Gasteiger partial charge < -0.3 is 19.7 Å². The van der Waals surface area contributed by atoms with Gasteiger partial charge in [0.15, 0.2) is 11.5 Å². The molecular weight excluding hydrogens is 424 g/mol. The van der Waals surface area contributed by atoms with Crippen LogP contribution in [0.1, 0.15) is 17.4 Å². The van der Waals surface area contributed by atoms with Gasteiger partial charge in [-0.1, -0.05) is 0 Å². The van der Waals surface area contributed by atoms with Crippen LogP contribution in [0, 0.1) is 0 Å². The van der Waals surface area contributed by atoms with Gasteiger partial charge in [0.05, 0.1) is 32.1 Å². The summed E-state index contributed by atoms with van der Waals surface area (Å²) in [6.07, 6.45) is 0. The number of nitrogens with zero attached hydrogens (tertiary/aromatic N) is 5. The average Bonchev–Trinajstić information content (AvgIpc) is 2.86. The predicted molar refractivity (Wildman–Crippen MR) is 122 cm³/mol. The Morgan fingerprint density at radius 1 is 1.06 bits per heavy atom. The third-order valence-electron chi connectivity index (χ3n) is 5.16. The number of amides is 1. The minimum Gasteiger partial charge on any atom is -0.494 e. The van der Waals surface area contributed by atoms with Gasteiger partial charge in [-0.05, 0) is 49.4 Å². The lowest BCUT2D eigenvalue weighted by Crippen LogP contribution is -2.37. The van der Waals surface area contributed by atoms with E-state index >= 15 is 0 Å². The number of rotatable bonds is 8. The van der Waals surface area contributed by atoms with Crippen molar-refractivity contribution < 1.29 is 14.3 Å². The van der Waals surface area contributed by atoms with Crippen molar-refractivity contribution in [2.24, 2.45) is 0 Å². The van der Waals surface area contributed by atoms with Crippen molar-refractivity contribution in [3.8, 4) is 17.0 Å². The van der Waals surface area contributed by atoms with Crippen LogP contribution in [0.2, 0.25) is 0 Å². The van der Waals surface area contributed by atoms with E-state index in [9.17, 15) is 9.59 Å². The van der Waals surface area contributed by atoms with Gasteiger partial charge in [-0.25, -0.2) is 4.68 Å². The van der Waals surface area contributed by atoms with Gasteiger partial charge in [0.1, 0.15) is 5.75 Å². The van der Waals surface area contributed by atoms with E-state index < -0.39 is 0 Å². The maximum Gasteiger partial charge on any atom is 0.271 e. The number of benzene rings is 1. The van der Waals surface area contributed by atoms with E-state index in [1.807, 2.05) is 31.2 Å². The van der Waals surface area contributed by atoms with Crippen molar-refractivity contribution in [3.63, 3.8) is 0 Å². The maximum absolute atomic E-state index is 12.4. The third kappa shape index (κ3) is 5.72. The van der Waals surface area contributed by atoms with Gasteiger partial charge in [0, 0.05) is 31.3 Å². The lowest BCUT2D eigenvalue weighted by atomic mass is 10.1. The molecule has 4 rings (SSSR count). The van der Waals surface area contributed by atoms with E-state index in [0.717, 1.165) is 30.2 Å². The fourth-order valence-electron chi connectivity index (χ4n) is 3.42. The number of aromatic nitrogens is 4. The zero-order valence-corrected chi connectivity index (χ0v) is 18.4. The van der Waals surface area contributed by atoms with E-state index in [1.165, 1.54) is 10.7 Å². The molecule has 0 saturated carbocycles. The Labute approximate surface area is 191 Å². The molecule has 1 fully saturated rings. The molecule has 1 N–H and O–H groups in total. The quantitative estimate of drug-likeness (QED) is 0.548. The fraction of sp³-hybridized carbons (Fsp3) is 0.348. The molecule has 33 heavy (non-hydrogen) atoms. The summed E-state index contributed by atoms with van der Waals surface area (Å²) in [7, 11) is 0. The number of nitrogens with one attached hydrogen (secondary N) is 1. The van der Waals surface area contributed by atoms with Crippen LogP contribution in [-0.2, 0) is 11.3 Å². The number of morpholine rings is 1. The summed E-state index contributed by atoms with van der Waals surface area (Å²) in [4.78, 5) is 26.7. The molecule has 3 aromatic rings. The average molecular weight is 450 g/mol. The van der Waals surface area contributed by atoms with Crippen LogP contribution in [0.5, 0.6) is 5.75 Å². The highest BCUT2D eigenvalue weighted by Gasteiger charge is 2.14. The van der Waals surface area contributed by atoms with Crippen molar-refractivity contribution in [1.29, 1.82) is 0 Å². The van der Waals surface area contributed by atoms with Crippen molar-refractivity contribution in [1.82, 2.24) is 25.3 Å². The highest BCUT2D eigenvalue weighted by atomic mass is 16.5. The topological polar surface area (TPSA) is 111 Å². The highest BCUT2D eigenvalue weighted by Crippen LogP contribution is 2.19. The van der Waals surface area contributed by atoms with E-state index in [2.05, 4.69) is 25.5 Å². The van der Waals surface area contributed by atoms with Crippen LogP contribution in [0.15, 0.2) is 53.3 Å². The molecule has 172 valence electrons. The molecule has 10 heteroatoms. The summed E-state index contributed by atoms with van der Waals surface area (Å²) in [5.41, 5.74) is 1.50. The highest BCUT2D eigenvalue weighted by molar-refractivity contribution is 5.92. The van der Waals surface area contributed by atoms with Crippen molar-refractivity contribution in [2.45, 2.75) is 13.5 Å². The summed E-state index contributed by atoms with van der Waals surface area (Å²) < 4.78 is 12.1. The Kier molecular flexibility index (Phi) is 7.26. The minimum absolute atomic E-state index is 0.218. The molecule has 1 aliphatic rings. The Bertz CT molecular complexity index is 1120. The van der Waals surface area contributed by atoms with E-state index in [-0.39, 0.29) is 30.2 Å². The Balaban J connectivity index is 1.34. The third-order valence-corrected chi connectivity index (χ3v) is 5.16. The monoisotopic (exact) mass is 450 g/mol. The van der Waals surface area contributed by atoms with Crippen LogP contribution in [-0.4, -0.2) is 65.3 Å². The van der Waals surface area contributed by atoms with Crippen LogP contribution in [0.4, 0.5) is 5.82 Å². The van der Waals surface area contributed by atoms with Crippen LogP contribution in [0.25, 0.3) is 11.3 Å². The largest absolute Gasteiger partial charge is 0.494 e. The normalized spacial score (nSPS) is 13.5. The van der Waals surface area contributed by atoms with E-state index in [4.69, 9.17) is 9.47 Å². The van der Waals surface area contributed by atoms with Gasteiger partial charge in [0.2, 0.25) is 0 Å². The van der Waals surface area contributed by atoms with Gasteiger partial charge >= 0.3 is 0 Å². The second-order valence-electron chi connectivity index (χ2n) is 7.37. The number of anilines is 1. The fourth-order valence-corrected chi connectivity index (χ4v) is 3.42. The summed E-state index contributed by atoms with van der Waals surface area (Å²) in [6.45, 7) is 5.78. The molecule has 1 amide bonds. The lowest BCUT2D eigenvalue weighted by molar-refractivity contribution is 0.0945. The second-order valence-corrected chi connectivity index (χ2v) is 7.37. The molecule has 0 aliphatic carbocycles. The first-order chi connectivity index (χ1) is 16.1. The molecule has 2 aromatic heterocycles. The molecule has 0 bridgehead atoms. The van der Waals surface area contributed by atoms with Gasteiger partial charge in [-0.3, -0.25) is 9.59 Å². The Morgan fingerprint density at radius 2 is 1.85 bits per heavy atom. The first-order valence-corrected chi connectivity index (χ1v) is 10.9. The summed E-state index contributed by atoms with van der Waals surface area (Å²) >= 11 is 0. The van der Waals surface area contributed by atoms with Gasteiger partial charge in [-0.15, -0.1) is 10.2 Å². The molecule has 0 unspecified atom stereocenters. The Hall–Kier alpha value is -3.79. The van der Waals surface area contributed by atoms with E-state index in [0.29, 0.717) is 25.5 Å². The summed E-state index contributed by atoms with van der Waals surface area (Å²) in [5, 5.41) is 15.4. The minimum atomic E-state index is -0.355. The Morgan fingerprint density at radius 3 is 2.55 bits per heavy atom. The molecule has 3 heterocycles. The van der Waals surface area contributed by atoms with Crippen molar-refractivity contribution in [3.05, 3.63) is 64.6 Å². The second kappa shape index (κ2) is 10.7. The summed E-state index contributed by atoms with van der Waals surface area (Å²) in [5.74, 6) is 1.14.